The molecule has 4 N–H and O–H groups in total. The van der Waals surface area contributed by atoms with Crippen molar-refractivity contribution < 1.29 is 24.2 Å². The molecule has 0 aliphatic heterocycles. The van der Waals surface area contributed by atoms with Gasteiger partial charge in [-0.2, -0.15) is 0 Å². The number of carboxylic acid groups (broad SMARTS) is 1. The fourth-order valence-electron chi connectivity index (χ4n) is 5.28. The topological polar surface area (TPSA) is 119 Å². The lowest BCUT2D eigenvalue weighted by atomic mass is 10.1. The molecule has 266 valence electrons. The van der Waals surface area contributed by atoms with Crippen molar-refractivity contribution in [2.75, 3.05) is 6.54 Å². The number of allylic oxidation sites excluding steroid dienone is 5. The number of amides is 1. The van der Waals surface area contributed by atoms with E-state index in [-0.39, 0.29) is 18.0 Å². The monoisotopic (exact) mass is 647 g/mol. The summed E-state index contributed by atoms with van der Waals surface area (Å²) >= 11 is 0. The Morgan fingerprint density at radius 2 is 1.24 bits per heavy atom. The summed E-state index contributed by atoms with van der Waals surface area (Å²) in [5.41, 5.74) is 5.45. The molecule has 0 rings (SSSR count). The second kappa shape index (κ2) is 33.9. The predicted octanol–water partition coefficient (Wildman–Crippen LogP) is 9.89. The van der Waals surface area contributed by atoms with Gasteiger partial charge in [-0.15, -0.1) is 0 Å². The lowest BCUT2D eigenvalue weighted by Crippen LogP contribution is -2.40. The molecule has 0 aromatic heterocycles. The predicted molar refractivity (Wildman–Crippen MR) is 193 cm³/mol. The van der Waals surface area contributed by atoms with Gasteiger partial charge < -0.3 is 20.9 Å². The van der Waals surface area contributed by atoms with Crippen molar-refractivity contribution in [3.8, 4) is 0 Å². The molecule has 0 aliphatic carbocycles. The van der Waals surface area contributed by atoms with Gasteiger partial charge in [-0.25, -0.2) is 4.79 Å². The van der Waals surface area contributed by atoms with Gasteiger partial charge in [-0.3, -0.25) is 9.59 Å². The third-order valence-corrected chi connectivity index (χ3v) is 8.14. The molecule has 0 fully saturated rings. The molecule has 0 heterocycles. The van der Waals surface area contributed by atoms with Crippen molar-refractivity contribution in [1.82, 2.24) is 5.32 Å². The first-order chi connectivity index (χ1) is 22.4. The molecule has 0 radical (unpaired) electrons. The molecule has 0 spiro atoms. The standard InChI is InChI=1S/C39H70N2O5/c1-3-5-7-8-9-10-11-12-13-14-15-16-17-18-19-20-21-27-33-38(43)46-35(29-24-6-4-2)30-25-22-23-26-32-37(42)41-36(39(44)45)31-28-34-40/h10-11,13-14,24,29,35-36H,3-9,12,15-23,25-28,30-34,40H2,1-2H3,(H,41,42)(H,44,45)/b11-10-,14-13-,29-24-. The van der Waals surface area contributed by atoms with E-state index < -0.39 is 12.0 Å². The Bertz CT molecular complexity index is 823. The maximum absolute atomic E-state index is 12.5. The second-order valence-electron chi connectivity index (χ2n) is 12.6. The third kappa shape index (κ3) is 30.3. The summed E-state index contributed by atoms with van der Waals surface area (Å²) in [5.74, 6) is -1.35. The number of nitrogens with one attached hydrogen (secondary N) is 1. The Morgan fingerprint density at radius 1 is 0.652 bits per heavy atom. The summed E-state index contributed by atoms with van der Waals surface area (Å²) in [4.78, 5) is 35.9. The lowest BCUT2D eigenvalue weighted by Gasteiger charge is -2.15. The zero-order valence-electron chi connectivity index (χ0n) is 29.7. The van der Waals surface area contributed by atoms with E-state index in [4.69, 9.17) is 10.5 Å². The van der Waals surface area contributed by atoms with Gasteiger partial charge in [-0.1, -0.05) is 115 Å². The van der Waals surface area contributed by atoms with Crippen LogP contribution >= 0.6 is 0 Å². The quantitative estimate of drug-likeness (QED) is 0.0371. The van der Waals surface area contributed by atoms with Crippen molar-refractivity contribution in [3.63, 3.8) is 0 Å². The summed E-state index contributed by atoms with van der Waals surface area (Å²) in [6.07, 6.45) is 38.1. The summed E-state index contributed by atoms with van der Waals surface area (Å²) < 4.78 is 5.81. The van der Waals surface area contributed by atoms with Crippen LogP contribution in [0, 0.1) is 0 Å². The van der Waals surface area contributed by atoms with Crippen molar-refractivity contribution in [1.29, 1.82) is 0 Å². The highest BCUT2D eigenvalue weighted by molar-refractivity contribution is 5.83. The molecule has 7 nitrogen and oxygen atoms in total. The van der Waals surface area contributed by atoms with Crippen LogP contribution in [0.4, 0.5) is 0 Å². The number of hydrogen-bond donors (Lipinski definition) is 3. The minimum Gasteiger partial charge on any atom is -0.480 e. The molecular weight excluding hydrogens is 576 g/mol. The molecule has 2 atom stereocenters. The Kier molecular flexibility index (Phi) is 32.2. The smallest absolute Gasteiger partial charge is 0.326 e. The van der Waals surface area contributed by atoms with Crippen LogP contribution in [0.5, 0.6) is 0 Å². The van der Waals surface area contributed by atoms with E-state index in [2.05, 4.69) is 49.5 Å². The average Bonchev–Trinajstić information content (AvgIpc) is 3.03. The summed E-state index contributed by atoms with van der Waals surface area (Å²) in [6, 6.07) is -0.869. The highest BCUT2D eigenvalue weighted by Gasteiger charge is 2.19. The molecule has 0 saturated heterocycles. The van der Waals surface area contributed by atoms with Gasteiger partial charge in [0.15, 0.2) is 0 Å². The Morgan fingerprint density at radius 3 is 1.85 bits per heavy atom. The Balaban J connectivity index is 3.97. The van der Waals surface area contributed by atoms with E-state index in [1.165, 1.54) is 70.6 Å². The maximum atomic E-state index is 12.5. The average molecular weight is 647 g/mol. The largest absolute Gasteiger partial charge is 0.480 e. The third-order valence-electron chi connectivity index (χ3n) is 8.14. The van der Waals surface area contributed by atoms with E-state index >= 15 is 0 Å². The van der Waals surface area contributed by atoms with Crippen LogP contribution in [-0.2, 0) is 19.1 Å². The molecule has 7 heteroatoms. The molecule has 1 amide bonds. The van der Waals surface area contributed by atoms with E-state index in [9.17, 15) is 19.5 Å². The highest BCUT2D eigenvalue weighted by atomic mass is 16.5. The normalized spacial score (nSPS) is 13.1. The van der Waals surface area contributed by atoms with E-state index in [0.717, 1.165) is 57.8 Å². The minimum atomic E-state index is -1.02. The first kappa shape index (κ1) is 43.6. The first-order valence-electron chi connectivity index (χ1n) is 18.8. The number of hydrogen-bond acceptors (Lipinski definition) is 5. The van der Waals surface area contributed by atoms with E-state index in [1.54, 1.807) is 0 Å². The van der Waals surface area contributed by atoms with Crippen LogP contribution < -0.4 is 11.1 Å². The number of ether oxygens (including phenoxy) is 1. The number of rotatable bonds is 33. The van der Waals surface area contributed by atoms with Crippen LogP contribution in [0.15, 0.2) is 36.5 Å². The summed E-state index contributed by atoms with van der Waals surface area (Å²) in [6.45, 7) is 4.79. The molecular formula is C39H70N2O5. The van der Waals surface area contributed by atoms with Gasteiger partial charge in [0.25, 0.3) is 0 Å². The van der Waals surface area contributed by atoms with Crippen molar-refractivity contribution in [3.05, 3.63) is 36.5 Å². The zero-order valence-corrected chi connectivity index (χ0v) is 29.7. The second-order valence-corrected chi connectivity index (χ2v) is 12.6. The van der Waals surface area contributed by atoms with Crippen molar-refractivity contribution in [2.45, 2.75) is 187 Å². The van der Waals surface area contributed by atoms with Gasteiger partial charge in [0, 0.05) is 12.8 Å². The number of unbranched alkanes of at least 4 members (excludes halogenated alkanes) is 15. The number of carbonyl (C=O) groups is 3. The van der Waals surface area contributed by atoms with Gasteiger partial charge in [-0.05, 0) is 89.7 Å². The molecule has 0 saturated carbocycles. The van der Waals surface area contributed by atoms with Gasteiger partial charge in [0.2, 0.25) is 5.91 Å². The van der Waals surface area contributed by atoms with Gasteiger partial charge in [0.1, 0.15) is 12.1 Å². The number of esters is 1. The van der Waals surface area contributed by atoms with Crippen molar-refractivity contribution in [2.24, 2.45) is 5.73 Å². The lowest BCUT2D eigenvalue weighted by molar-refractivity contribution is -0.147. The van der Waals surface area contributed by atoms with Crippen molar-refractivity contribution >= 4 is 17.8 Å². The summed E-state index contributed by atoms with van der Waals surface area (Å²) in [5, 5.41) is 11.8. The van der Waals surface area contributed by atoms with Crippen LogP contribution in [-0.4, -0.2) is 41.6 Å². The molecule has 0 aliphatic rings. The molecule has 0 bridgehead atoms. The van der Waals surface area contributed by atoms with Crippen LogP contribution in [0.2, 0.25) is 0 Å². The molecule has 2 unspecified atom stereocenters. The maximum Gasteiger partial charge on any atom is 0.326 e. The number of carbonyl (C=O) groups excluding carboxylic acids is 2. The fourth-order valence-corrected chi connectivity index (χ4v) is 5.28. The van der Waals surface area contributed by atoms with Crippen LogP contribution in [0.1, 0.15) is 174 Å². The molecule has 46 heavy (non-hydrogen) atoms. The summed E-state index contributed by atoms with van der Waals surface area (Å²) in [7, 11) is 0. The minimum absolute atomic E-state index is 0.108. The number of carboxylic acids is 1. The van der Waals surface area contributed by atoms with E-state index in [0.29, 0.717) is 38.6 Å². The van der Waals surface area contributed by atoms with E-state index in [1.807, 2.05) is 6.08 Å². The Labute approximate surface area is 282 Å². The first-order valence-corrected chi connectivity index (χ1v) is 18.8. The highest BCUT2D eigenvalue weighted by Crippen LogP contribution is 2.15. The SMILES string of the molecule is CCC/C=C\C(CCCCCCC(=O)NC(CCCN)C(=O)O)OC(=O)CCCCCCCCC/C=C\C/C=C\CCCCCC. The van der Waals surface area contributed by atoms with Gasteiger partial charge >= 0.3 is 11.9 Å². The zero-order chi connectivity index (χ0) is 33.9. The number of aliphatic carboxylic acids is 1. The van der Waals surface area contributed by atoms with Gasteiger partial charge in [0.05, 0.1) is 0 Å². The fraction of sp³-hybridized carbons (Fsp3) is 0.769. The van der Waals surface area contributed by atoms with Crippen LogP contribution in [0.3, 0.4) is 0 Å². The number of nitrogens with two attached hydrogens (primary N) is 1. The molecule has 0 aromatic rings. The van der Waals surface area contributed by atoms with Crippen LogP contribution in [0.25, 0.3) is 0 Å². The molecule has 0 aromatic carbocycles. The Hall–Kier alpha value is -2.41.